The first-order valence-electron chi connectivity index (χ1n) is 14.1. The third-order valence-electron chi connectivity index (χ3n) is 7.52. The highest BCUT2D eigenvalue weighted by molar-refractivity contribution is 6.35. The molecule has 12 heteroatoms. The number of halogens is 2. The average Bonchev–Trinajstić information content (AvgIpc) is 3.67. The van der Waals surface area contributed by atoms with Crippen molar-refractivity contribution >= 4 is 40.7 Å². The molecule has 3 amide bonds. The van der Waals surface area contributed by atoms with Crippen LogP contribution in [-0.2, 0) is 16.1 Å². The van der Waals surface area contributed by atoms with Crippen LogP contribution in [0.4, 0.5) is 20.2 Å². The summed E-state index contributed by atoms with van der Waals surface area (Å²) in [5.74, 6) is -3.77. The van der Waals surface area contributed by atoms with Gasteiger partial charge in [-0.15, -0.1) is 0 Å². The van der Waals surface area contributed by atoms with E-state index in [0.29, 0.717) is 45.0 Å². The smallest absolute Gasteiger partial charge is 0.263 e. The normalized spacial score (nSPS) is 13.6. The Kier molecular flexibility index (Phi) is 8.08. The van der Waals surface area contributed by atoms with E-state index in [1.165, 1.54) is 23.0 Å². The third kappa shape index (κ3) is 6.09. The zero-order valence-corrected chi connectivity index (χ0v) is 24.3. The summed E-state index contributed by atoms with van der Waals surface area (Å²) in [6, 6.07) is 18.5. The summed E-state index contributed by atoms with van der Waals surface area (Å²) in [6.45, 7) is 1.55. The number of carbonyl (C=O) groups excluding carboxylic acids is 3. The summed E-state index contributed by atoms with van der Waals surface area (Å²) in [4.78, 5) is 60.2. The van der Waals surface area contributed by atoms with Crippen LogP contribution < -0.4 is 21.5 Å². The molecule has 0 radical (unpaired) electrons. The second-order valence-electron chi connectivity index (χ2n) is 10.6. The van der Waals surface area contributed by atoms with Gasteiger partial charge in [0.2, 0.25) is 0 Å². The molecule has 1 atom stereocenters. The van der Waals surface area contributed by atoms with Crippen molar-refractivity contribution in [1.29, 1.82) is 0 Å². The standard InChI is InChI=1S/C34H26F2N6O4/c1-19-7-10-24(34(46)42(19)17-20-8-11-27(35)28(36)13-20)31(43)41-30(21-5-3-2-4-6-21)33(45)39-22-9-12-29-25(14-22)26(32(44)40-29)15-23-16-37-18-38-23/h2-16,18,30H,17H2,1H3,(H,37,38)(H,39,45)(H,40,44)(H,41,43)/b26-15+/t30-/m1/s1. The van der Waals surface area contributed by atoms with E-state index in [2.05, 4.69) is 25.9 Å². The van der Waals surface area contributed by atoms with Gasteiger partial charge in [-0.1, -0.05) is 36.4 Å². The number of aryl methyl sites for hydroxylation is 1. The molecule has 0 saturated heterocycles. The maximum absolute atomic E-state index is 13.8. The highest BCUT2D eigenvalue weighted by Crippen LogP contribution is 2.35. The zero-order valence-electron chi connectivity index (χ0n) is 24.3. The Morgan fingerprint density at radius 3 is 2.52 bits per heavy atom. The van der Waals surface area contributed by atoms with Gasteiger partial charge in [-0.3, -0.25) is 19.2 Å². The summed E-state index contributed by atoms with van der Waals surface area (Å²) >= 11 is 0. The summed E-state index contributed by atoms with van der Waals surface area (Å²) in [5.41, 5.74) is 2.89. The van der Waals surface area contributed by atoms with Gasteiger partial charge < -0.3 is 25.5 Å². The van der Waals surface area contributed by atoms with E-state index in [4.69, 9.17) is 0 Å². The van der Waals surface area contributed by atoms with Gasteiger partial charge in [-0.2, -0.15) is 0 Å². The second kappa shape index (κ2) is 12.4. The summed E-state index contributed by atoms with van der Waals surface area (Å²) < 4.78 is 28.5. The zero-order chi connectivity index (χ0) is 32.4. The molecule has 3 heterocycles. The lowest BCUT2D eigenvalue weighted by molar-refractivity contribution is -0.118. The van der Waals surface area contributed by atoms with Gasteiger partial charge in [0.1, 0.15) is 11.6 Å². The van der Waals surface area contributed by atoms with Crippen molar-refractivity contribution in [3.63, 3.8) is 0 Å². The largest absolute Gasteiger partial charge is 0.345 e. The molecule has 0 unspecified atom stereocenters. The number of pyridine rings is 1. The molecule has 230 valence electrons. The Morgan fingerprint density at radius 2 is 1.78 bits per heavy atom. The first-order valence-corrected chi connectivity index (χ1v) is 14.1. The van der Waals surface area contributed by atoms with Gasteiger partial charge >= 0.3 is 0 Å². The lowest BCUT2D eigenvalue weighted by Gasteiger charge is -2.20. The van der Waals surface area contributed by atoms with Gasteiger partial charge in [0.15, 0.2) is 11.6 Å². The number of nitrogens with zero attached hydrogens (tertiary/aromatic N) is 2. The van der Waals surface area contributed by atoms with Crippen molar-refractivity contribution in [2.75, 3.05) is 10.6 Å². The molecule has 5 aromatic rings. The van der Waals surface area contributed by atoms with Crippen LogP contribution >= 0.6 is 0 Å². The van der Waals surface area contributed by atoms with Crippen molar-refractivity contribution in [3.8, 4) is 0 Å². The predicted octanol–water partition coefficient (Wildman–Crippen LogP) is 4.81. The number of aromatic nitrogens is 3. The molecule has 0 fully saturated rings. The van der Waals surface area contributed by atoms with Crippen LogP contribution in [0.15, 0.2) is 96.2 Å². The second-order valence-corrected chi connectivity index (χ2v) is 10.6. The third-order valence-corrected chi connectivity index (χ3v) is 7.52. The lowest BCUT2D eigenvalue weighted by Crippen LogP contribution is -2.40. The fourth-order valence-electron chi connectivity index (χ4n) is 5.14. The van der Waals surface area contributed by atoms with E-state index < -0.39 is 35.0 Å². The number of carbonyl (C=O) groups is 3. The van der Waals surface area contributed by atoms with E-state index >= 15 is 0 Å². The number of aromatic amines is 1. The number of rotatable bonds is 8. The first kappa shape index (κ1) is 29.9. The van der Waals surface area contributed by atoms with Gasteiger partial charge in [0.25, 0.3) is 23.3 Å². The molecule has 4 N–H and O–H groups in total. The van der Waals surface area contributed by atoms with Crippen LogP contribution in [0.5, 0.6) is 0 Å². The van der Waals surface area contributed by atoms with Crippen LogP contribution in [-0.4, -0.2) is 32.3 Å². The summed E-state index contributed by atoms with van der Waals surface area (Å²) in [7, 11) is 0. The molecule has 0 bridgehead atoms. The molecule has 6 rings (SSSR count). The molecule has 0 spiro atoms. The predicted molar refractivity (Wildman–Crippen MR) is 168 cm³/mol. The fraction of sp³-hybridized carbons (Fsp3) is 0.0882. The van der Waals surface area contributed by atoms with Crippen molar-refractivity contribution in [2.45, 2.75) is 19.5 Å². The maximum Gasteiger partial charge on any atom is 0.263 e. The van der Waals surface area contributed by atoms with Crippen molar-refractivity contribution in [1.82, 2.24) is 19.9 Å². The van der Waals surface area contributed by atoms with Gasteiger partial charge in [-0.05, 0) is 66.6 Å². The van der Waals surface area contributed by atoms with E-state index in [9.17, 15) is 28.0 Å². The highest BCUT2D eigenvalue weighted by atomic mass is 19.2. The van der Waals surface area contributed by atoms with E-state index in [1.54, 1.807) is 73.8 Å². The Labute approximate surface area is 260 Å². The van der Waals surface area contributed by atoms with Crippen LogP contribution in [0.2, 0.25) is 0 Å². The number of hydrogen-bond acceptors (Lipinski definition) is 5. The number of H-pyrrole nitrogens is 1. The molecule has 3 aromatic carbocycles. The average molecular weight is 621 g/mol. The molecule has 1 aliphatic rings. The fourth-order valence-corrected chi connectivity index (χ4v) is 5.14. The van der Waals surface area contributed by atoms with Crippen LogP contribution in [0.25, 0.3) is 11.6 Å². The molecule has 10 nitrogen and oxygen atoms in total. The van der Waals surface area contributed by atoms with Crippen molar-refractivity contribution in [2.24, 2.45) is 0 Å². The number of anilines is 2. The van der Waals surface area contributed by atoms with E-state index in [0.717, 1.165) is 12.1 Å². The van der Waals surface area contributed by atoms with Crippen LogP contribution in [0.3, 0.4) is 0 Å². The minimum Gasteiger partial charge on any atom is -0.345 e. The number of imidazole rings is 1. The first-order chi connectivity index (χ1) is 22.2. The molecule has 0 aliphatic carbocycles. The molecule has 2 aromatic heterocycles. The monoisotopic (exact) mass is 620 g/mol. The van der Waals surface area contributed by atoms with Crippen LogP contribution in [0, 0.1) is 18.6 Å². The van der Waals surface area contributed by atoms with E-state index in [1.807, 2.05) is 0 Å². The minimum atomic E-state index is -1.21. The number of amides is 3. The summed E-state index contributed by atoms with van der Waals surface area (Å²) in [5, 5.41) is 8.27. The van der Waals surface area contributed by atoms with Crippen LogP contribution in [0.1, 0.15) is 44.5 Å². The van der Waals surface area contributed by atoms with E-state index in [-0.39, 0.29) is 18.0 Å². The van der Waals surface area contributed by atoms with Gasteiger partial charge in [0, 0.05) is 22.6 Å². The number of nitrogens with one attached hydrogen (secondary N) is 4. The number of hydrogen-bond donors (Lipinski definition) is 4. The molecular weight excluding hydrogens is 594 g/mol. The Balaban J connectivity index is 1.27. The molecule has 0 saturated carbocycles. The van der Waals surface area contributed by atoms with Crippen molar-refractivity contribution < 1.29 is 23.2 Å². The van der Waals surface area contributed by atoms with Gasteiger partial charge in [0.05, 0.1) is 30.3 Å². The Morgan fingerprint density at radius 1 is 0.978 bits per heavy atom. The van der Waals surface area contributed by atoms with Gasteiger partial charge in [-0.25, -0.2) is 13.8 Å². The number of fused-ring (bicyclic) bond motifs is 1. The Hall–Kier alpha value is -6.17. The topological polar surface area (TPSA) is 138 Å². The molecule has 1 aliphatic heterocycles. The minimum absolute atomic E-state index is 0.0991. The molecular formula is C34H26F2N6O4. The Bertz CT molecular complexity index is 2070. The maximum atomic E-state index is 13.8. The molecule has 46 heavy (non-hydrogen) atoms. The SMILES string of the molecule is Cc1ccc(C(=O)N[C@@H](C(=O)Nc2ccc3c(c2)/C(=C\c2cnc[nH]2)C(=O)N3)c2ccccc2)c(=O)n1Cc1ccc(F)c(F)c1. The number of benzene rings is 3. The quantitative estimate of drug-likeness (QED) is 0.185. The highest BCUT2D eigenvalue weighted by Gasteiger charge is 2.28. The summed E-state index contributed by atoms with van der Waals surface area (Å²) in [6.07, 6.45) is 4.71. The lowest BCUT2D eigenvalue weighted by atomic mass is 10.0. The van der Waals surface area contributed by atoms with Crippen molar-refractivity contribution in [3.05, 3.63) is 147 Å².